The van der Waals surface area contributed by atoms with E-state index in [1.54, 1.807) is 44.3 Å². The van der Waals surface area contributed by atoms with Gasteiger partial charge in [-0.15, -0.1) is 0 Å². The molecule has 0 unspecified atom stereocenters. The standard InChI is InChI=1S/C37H38FN5O7/c1-6-48-36(45)34-23(3)40-37(46)41-35(34)26-10-15-31(32(18-26)47-5)50-21-33(44)42-39-19-27-16-22(2)43(24(27)4)29-11-13-30(14-12-29)49-20-25-8-7-9-28(38)17-25/h7-19,35H,6,20-21H2,1-5H3,(H,42,44)(H2,40,41,46)/b39-19+/t35-/m1/s1. The van der Waals surface area contributed by atoms with E-state index in [4.69, 9.17) is 18.9 Å². The van der Waals surface area contributed by atoms with Gasteiger partial charge in [-0.2, -0.15) is 5.10 Å². The van der Waals surface area contributed by atoms with Gasteiger partial charge in [-0.3, -0.25) is 4.79 Å². The molecule has 1 aromatic heterocycles. The fourth-order valence-electron chi connectivity index (χ4n) is 5.56. The van der Waals surface area contributed by atoms with Gasteiger partial charge in [-0.25, -0.2) is 19.4 Å². The summed E-state index contributed by atoms with van der Waals surface area (Å²) < 4.78 is 37.7. The van der Waals surface area contributed by atoms with Crippen molar-refractivity contribution in [2.45, 2.75) is 40.3 Å². The van der Waals surface area contributed by atoms with Gasteiger partial charge in [0.15, 0.2) is 18.1 Å². The zero-order chi connectivity index (χ0) is 35.8. The average molecular weight is 684 g/mol. The Bertz CT molecular complexity index is 1950. The Labute approximate surface area is 288 Å². The summed E-state index contributed by atoms with van der Waals surface area (Å²) in [5.74, 6) is -0.118. The van der Waals surface area contributed by atoms with Gasteiger partial charge in [0.1, 0.15) is 18.2 Å². The summed E-state index contributed by atoms with van der Waals surface area (Å²) in [6.07, 6.45) is 1.56. The Hall–Kier alpha value is -6.11. The number of rotatable bonds is 13. The first kappa shape index (κ1) is 35.2. The van der Waals surface area contributed by atoms with Gasteiger partial charge in [0.05, 0.1) is 31.5 Å². The van der Waals surface area contributed by atoms with Crippen molar-refractivity contribution >= 4 is 24.1 Å². The number of hydrogen-bond acceptors (Lipinski definition) is 8. The van der Waals surface area contributed by atoms with Crippen LogP contribution >= 0.6 is 0 Å². The van der Waals surface area contributed by atoms with E-state index < -0.39 is 23.9 Å². The minimum absolute atomic E-state index is 0.178. The molecule has 4 aromatic rings. The maximum atomic E-state index is 13.5. The first-order valence-corrected chi connectivity index (χ1v) is 15.8. The molecule has 0 bridgehead atoms. The summed E-state index contributed by atoms with van der Waals surface area (Å²) >= 11 is 0. The second-order valence-corrected chi connectivity index (χ2v) is 11.4. The van der Waals surface area contributed by atoms with Crippen LogP contribution in [0.4, 0.5) is 9.18 Å². The van der Waals surface area contributed by atoms with Gasteiger partial charge in [-0.05, 0) is 93.4 Å². The fourth-order valence-corrected chi connectivity index (χ4v) is 5.56. The van der Waals surface area contributed by atoms with Crippen molar-refractivity contribution in [1.29, 1.82) is 0 Å². The number of aromatic nitrogens is 1. The van der Waals surface area contributed by atoms with Gasteiger partial charge in [0.2, 0.25) is 0 Å². The van der Waals surface area contributed by atoms with Crippen LogP contribution in [0.3, 0.4) is 0 Å². The zero-order valence-electron chi connectivity index (χ0n) is 28.3. The minimum atomic E-state index is -0.781. The lowest BCUT2D eigenvalue weighted by Crippen LogP contribution is -2.45. The van der Waals surface area contributed by atoms with Crippen LogP contribution in [0, 0.1) is 19.7 Å². The number of aryl methyl sites for hydroxylation is 1. The smallest absolute Gasteiger partial charge is 0.338 e. The molecule has 0 fully saturated rings. The van der Waals surface area contributed by atoms with Crippen molar-refractivity contribution in [2.75, 3.05) is 20.3 Å². The molecule has 1 aliphatic heterocycles. The lowest BCUT2D eigenvalue weighted by Gasteiger charge is -2.28. The number of esters is 1. The molecule has 12 nitrogen and oxygen atoms in total. The van der Waals surface area contributed by atoms with Crippen molar-refractivity contribution in [1.82, 2.24) is 20.6 Å². The third-order valence-electron chi connectivity index (χ3n) is 7.90. The van der Waals surface area contributed by atoms with Crippen LogP contribution < -0.4 is 30.3 Å². The van der Waals surface area contributed by atoms with Gasteiger partial charge >= 0.3 is 12.0 Å². The minimum Gasteiger partial charge on any atom is -0.493 e. The van der Waals surface area contributed by atoms with E-state index in [0.717, 1.165) is 28.2 Å². The van der Waals surface area contributed by atoms with Crippen molar-refractivity contribution in [2.24, 2.45) is 5.10 Å². The highest BCUT2D eigenvalue weighted by Gasteiger charge is 2.32. The summed E-state index contributed by atoms with van der Waals surface area (Å²) in [6.45, 7) is 7.33. The molecule has 50 heavy (non-hydrogen) atoms. The second-order valence-electron chi connectivity index (χ2n) is 11.4. The number of hydrogen-bond donors (Lipinski definition) is 3. The average Bonchev–Trinajstić information content (AvgIpc) is 3.38. The molecule has 0 radical (unpaired) electrons. The van der Waals surface area contributed by atoms with E-state index in [2.05, 4.69) is 25.7 Å². The molecule has 3 N–H and O–H groups in total. The summed E-state index contributed by atoms with van der Waals surface area (Å²) in [5.41, 5.74) is 8.04. The zero-order valence-corrected chi connectivity index (χ0v) is 28.3. The number of carbonyl (C=O) groups is 3. The number of ether oxygens (including phenoxy) is 4. The van der Waals surface area contributed by atoms with E-state index in [1.807, 2.05) is 50.2 Å². The van der Waals surface area contributed by atoms with Crippen LogP contribution in [-0.2, 0) is 20.9 Å². The van der Waals surface area contributed by atoms with E-state index in [1.165, 1.54) is 19.2 Å². The molecular formula is C37H38FN5O7. The third-order valence-corrected chi connectivity index (χ3v) is 7.90. The number of nitrogens with one attached hydrogen (secondary N) is 3. The Morgan fingerprint density at radius 1 is 1.00 bits per heavy atom. The van der Waals surface area contributed by atoms with E-state index >= 15 is 0 Å². The maximum Gasteiger partial charge on any atom is 0.338 e. The summed E-state index contributed by atoms with van der Waals surface area (Å²) in [7, 11) is 1.44. The first-order chi connectivity index (χ1) is 24.1. The predicted octanol–water partition coefficient (Wildman–Crippen LogP) is 5.54. The molecule has 3 amide bonds. The van der Waals surface area contributed by atoms with Crippen LogP contribution in [0.2, 0.25) is 0 Å². The molecule has 260 valence electrons. The van der Waals surface area contributed by atoms with Crippen LogP contribution in [0.25, 0.3) is 5.69 Å². The SMILES string of the molecule is CCOC(=O)C1=C(C)NC(=O)N[C@@H]1c1ccc(OCC(=O)N/N=C/c2cc(C)n(-c3ccc(OCc4cccc(F)c4)cc3)c2C)c(OC)c1. The van der Waals surface area contributed by atoms with E-state index in [0.29, 0.717) is 22.8 Å². The van der Waals surface area contributed by atoms with Gasteiger partial charge in [0.25, 0.3) is 5.91 Å². The number of nitrogens with zero attached hydrogens (tertiary/aromatic N) is 2. The highest BCUT2D eigenvalue weighted by Crippen LogP contribution is 2.34. The Morgan fingerprint density at radius 2 is 1.78 bits per heavy atom. The monoisotopic (exact) mass is 683 g/mol. The number of halogens is 1. The second kappa shape index (κ2) is 15.9. The normalized spacial score (nSPS) is 14.2. The summed E-state index contributed by atoms with van der Waals surface area (Å²) in [5, 5.41) is 9.45. The van der Waals surface area contributed by atoms with Crippen molar-refractivity contribution in [3.63, 3.8) is 0 Å². The van der Waals surface area contributed by atoms with Crippen molar-refractivity contribution in [3.05, 3.63) is 118 Å². The first-order valence-electron chi connectivity index (χ1n) is 15.8. The Morgan fingerprint density at radius 3 is 2.50 bits per heavy atom. The molecule has 5 rings (SSSR count). The number of allylic oxidation sites excluding steroid dienone is 1. The summed E-state index contributed by atoms with van der Waals surface area (Å²) in [6, 6.07) is 19.5. The molecule has 1 aliphatic rings. The number of hydrazone groups is 1. The predicted molar refractivity (Wildman–Crippen MR) is 184 cm³/mol. The molecule has 0 saturated heterocycles. The third kappa shape index (κ3) is 8.29. The number of benzene rings is 3. The maximum absolute atomic E-state index is 13.5. The molecule has 3 aromatic carbocycles. The van der Waals surface area contributed by atoms with Crippen LogP contribution in [0.5, 0.6) is 17.2 Å². The lowest BCUT2D eigenvalue weighted by atomic mass is 9.95. The molecular weight excluding hydrogens is 645 g/mol. The Kier molecular flexibility index (Phi) is 11.2. The lowest BCUT2D eigenvalue weighted by molar-refractivity contribution is -0.139. The number of carbonyl (C=O) groups excluding carboxylic acids is 3. The van der Waals surface area contributed by atoms with Crippen LogP contribution in [0.15, 0.2) is 89.2 Å². The summed E-state index contributed by atoms with van der Waals surface area (Å²) in [4.78, 5) is 37.5. The number of amides is 3. The highest BCUT2D eigenvalue weighted by atomic mass is 19.1. The fraction of sp³-hybridized carbons (Fsp3) is 0.243. The van der Waals surface area contributed by atoms with E-state index in [9.17, 15) is 18.8 Å². The highest BCUT2D eigenvalue weighted by molar-refractivity contribution is 5.95. The largest absolute Gasteiger partial charge is 0.493 e. The Balaban J connectivity index is 1.18. The molecule has 0 aliphatic carbocycles. The van der Waals surface area contributed by atoms with Crippen molar-refractivity contribution < 1.29 is 37.7 Å². The van der Waals surface area contributed by atoms with Gasteiger partial charge < -0.3 is 34.1 Å². The van der Waals surface area contributed by atoms with Gasteiger partial charge in [-0.1, -0.05) is 18.2 Å². The molecule has 2 heterocycles. The molecule has 0 spiro atoms. The number of methoxy groups -OCH3 is 1. The number of urea groups is 1. The van der Waals surface area contributed by atoms with Gasteiger partial charge in [0, 0.05) is 28.3 Å². The van der Waals surface area contributed by atoms with Crippen molar-refractivity contribution in [3.8, 4) is 22.9 Å². The van der Waals surface area contributed by atoms with Crippen LogP contribution in [0.1, 0.15) is 48.0 Å². The topological polar surface area (TPSA) is 142 Å². The molecule has 0 saturated carbocycles. The molecule has 13 heteroatoms. The quantitative estimate of drug-likeness (QED) is 0.0955. The van der Waals surface area contributed by atoms with Crippen LogP contribution in [-0.4, -0.2) is 49.0 Å². The molecule has 1 atom stereocenters. The van der Waals surface area contributed by atoms with E-state index in [-0.39, 0.29) is 37.0 Å².